The number of carbonyl (C=O) groups excluding carboxylic acids is 2. The van der Waals surface area contributed by atoms with E-state index in [4.69, 9.17) is 4.74 Å². The van der Waals surface area contributed by atoms with Crippen molar-refractivity contribution in [1.82, 2.24) is 10.3 Å². The normalized spacial score (nSPS) is 11.6. The highest BCUT2D eigenvalue weighted by molar-refractivity contribution is 7.12. The Morgan fingerprint density at radius 3 is 2.31 bits per heavy atom. The van der Waals surface area contributed by atoms with E-state index in [2.05, 4.69) is 10.3 Å². The molecule has 0 saturated carbocycles. The van der Waals surface area contributed by atoms with Crippen molar-refractivity contribution in [3.63, 3.8) is 0 Å². The van der Waals surface area contributed by atoms with Gasteiger partial charge in [0.15, 0.2) is 5.78 Å². The number of nitrogens with one attached hydrogen (secondary N) is 1. The minimum absolute atomic E-state index is 0.0464. The van der Waals surface area contributed by atoms with E-state index in [1.807, 2.05) is 36.4 Å². The number of nitrogens with zero attached hydrogens (tertiary/aromatic N) is 1. The molecule has 132 valence electrons. The molecule has 0 fully saturated rings. The quantitative estimate of drug-likeness (QED) is 0.673. The minimum Gasteiger partial charge on any atom is -0.497 e. The van der Waals surface area contributed by atoms with Gasteiger partial charge in [0.2, 0.25) is 0 Å². The first-order valence-corrected chi connectivity index (χ1v) is 8.90. The van der Waals surface area contributed by atoms with Gasteiger partial charge in [0.1, 0.15) is 5.75 Å². The molecule has 1 amide bonds. The van der Waals surface area contributed by atoms with Gasteiger partial charge in [-0.15, -0.1) is 11.3 Å². The second-order valence-corrected chi connectivity index (χ2v) is 6.63. The summed E-state index contributed by atoms with van der Waals surface area (Å²) in [6, 6.07) is 12.6. The zero-order valence-corrected chi connectivity index (χ0v) is 15.2. The Morgan fingerprint density at radius 2 is 1.73 bits per heavy atom. The lowest BCUT2D eigenvalue weighted by molar-refractivity contribution is 0.0943. The number of benzene rings is 1. The highest BCUT2D eigenvalue weighted by atomic mass is 32.1. The number of amides is 1. The van der Waals surface area contributed by atoms with E-state index in [-0.39, 0.29) is 17.7 Å². The third-order valence-electron chi connectivity index (χ3n) is 3.97. The van der Waals surface area contributed by atoms with Gasteiger partial charge in [-0.25, -0.2) is 0 Å². The van der Waals surface area contributed by atoms with Gasteiger partial charge in [-0.1, -0.05) is 12.1 Å². The second-order valence-electron chi connectivity index (χ2n) is 5.72. The van der Waals surface area contributed by atoms with E-state index >= 15 is 0 Å². The third-order valence-corrected chi connectivity index (χ3v) is 5.00. The third kappa shape index (κ3) is 3.97. The van der Waals surface area contributed by atoms with E-state index in [0.29, 0.717) is 10.4 Å². The van der Waals surface area contributed by atoms with Crippen molar-refractivity contribution in [2.45, 2.75) is 13.0 Å². The Hall–Kier alpha value is -2.99. The molecule has 1 aromatic carbocycles. The molecule has 2 aromatic heterocycles. The van der Waals surface area contributed by atoms with Crippen LogP contribution in [0.25, 0.3) is 0 Å². The molecule has 0 radical (unpaired) electrons. The molecule has 0 aliphatic heterocycles. The minimum atomic E-state index is -0.336. The molecule has 26 heavy (non-hydrogen) atoms. The number of aromatic nitrogens is 1. The summed E-state index contributed by atoms with van der Waals surface area (Å²) < 4.78 is 5.20. The molecule has 1 N–H and O–H groups in total. The van der Waals surface area contributed by atoms with Crippen molar-refractivity contribution < 1.29 is 14.3 Å². The molecule has 3 rings (SSSR count). The first kappa shape index (κ1) is 17.8. The fourth-order valence-electron chi connectivity index (χ4n) is 2.57. The van der Waals surface area contributed by atoms with Gasteiger partial charge in [0, 0.05) is 17.8 Å². The number of rotatable bonds is 6. The molecule has 0 bridgehead atoms. The Balaban J connectivity index is 1.90. The lowest BCUT2D eigenvalue weighted by Crippen LogP contribution is -2.29. The van der Waals surface area contributed by atoms with E-state index in [0.717, 1.165) is 16.9 Å². The summed E-state index contributed by atoms with van der Waals surface area (Å²) >= 11 is 1.27. The van der Waals surface area contributed by atoms with Crippen LogP contribution in [0.15, 0.2) is 60.2 Å². The average Bonchev–Trinajstić information content (AvgIpc) is 3.17. The summed E-state index contributed by atoms with van der Waals surface area (Å²) in [7, 11) is 1.61. The molecular weight excluding hydrogens is 348 g/mol. The fourth-order valence-corrected chi connectivity index (χ4v) is 3.36. The molecule has 6 heteroatoms. The summed E-state index contributed by atoms with van der Waals surface area (Å²) in [5.74, 6) is 0.471. The van der Waals surface area contributed by atoms with Crippen molar-refractivity contribution in [2.75, 3.05) is 7.11 Å². The molecular formula is C20H18N2O3S. The number of ether oxygens (including phenoxy) is 1. The van der Waals surface area contributed by atoms with Gasteiger partial charge in [-0.2, -0.15) is 0 Å². The highest BCUT2D eigenvalue weighted by Gasteiger charge is 2.19. The zero-order chi connectivity index (χ0) is 18.5. The van der Waals surface area contributed by atoms with Crippen molar-refractivity contribution in [3.8, 4) is 5.75 Å². The first-order valence-electron chi connectivity index (χ1n) is 8.02. The number of ketones is 1. The van der Waals surface area contributed by atoms with Crippen molar-refractivity contribution >= 4 is 23.0 Å². The summed E-state index contributed by atoms with van der Waals surface area (Å²) in [6.45, 7) is 1.49. The van der Waals surface area contributed by atoms with Crippen LogP contribution >= 0.6 is 11.3 Å². The van der Waals surface area contributed by atoms with Gasteiger partial charge in [-0.05, 0) is 48.4 Å². The molecule has 0 unspecified atom stereocenters. The molecule has 0 spiro atoms. The Morgan fingerprint density at radius 1 is 1.08 bits per heavy atom. The average molecular weight is 366 g/mol. The number of carbonyl (C=O) groups is 2. The molecule has 1 atom stereocenters. The smallest absolute Gasteiger partial charge is 0.252 e. The number of Topliss-reactive ketones (excluding diaryl/α,β-unsaturated/α-hetero) is 1. The van der Waals surface area contributed by atoms with Crippen molar-refractivity contribution in [3.05, 3.63) is 81.8 Å². The van der Waals surface area contributed by atoms with Gasteiger partial charge in [0.25, 0.3) is 5.91 Å². The monoisotopic (exact) mass is 366 g/mol. The summed E-state index contributed by atoms with van der Waals surface area (Å²) in [4.78, 5) is 28.8. The molecule has 2 heterocycles. The van der Waals surface area contributed by atoms with Crippen LogP contribution in [0.1, 0.15) is 44.1 Å². The van der Waals surface area contributed by atoms with E-state index in [9.17, 15) is 9.59 Å². The van der Waals surface area contributed by atoms with Crippen molar-refractivity contribution in [2.24, 2.45) is 0 Å². The Kier molecular flexibility index (Phi) is 5.43. The predicted octanol–water partition coefficient (Wildman–Crippen LogP) is 3.87. The van der Waals surface area contributed by atoms with Crippen LogP contribution in [-0.4, -0.2) is 23.8 Å². The second kappa shape index (κ2) is 7.93. The van der Waals surface area contributed by atoms with Crippen LogP contribution in [0, 0.1) is 0 Å². The highest BCUT2D eigenvalue weighted by Crippen LogP contribution is 2.25. The molecule has 3 aromatic rings. The van der Waals surface area contributed by atoms with Crippen LogP contribution in [0.2, 0.25) is 0 Å². The zero-order valence-electron chi connectivity index (χ0n) is 14.4. The van der Waals surface area contributed by atoms with Gasteiger partial charge in [0.05, 0.1) is 23.6 Å². The topological polar surface area (TPSA) is 68.3 Å². The standard InChI is InChI=1S/C20H18N2O3S/c1-13(23)18-11-16(12-26-18)20(24)22-19(15-7-9-21-10-8-15)14-3-5-17(25-2)6-4-14/h3-12,19H,1-2H3,(H,22,24)/t19-/m0/s1. The van der Waals surface area contributed by atoms with Gasteiger partial charge in [-0.3, -0.25) is 14.6 Å². The molecule has 0 aliphatic carbocycles. The molecule has 0 saturated heterocycles. The lowest BCUT2D eigenvalue weighted by Gasteiger charge is -2.19. The van der Waals surface area contributed by atoms with Crippen LogP contribution in [0.3, 0.4) is 0 Å². The maximum Gasteiger partial charge on any atom is 0.252 e. The number of methoxy groups -OCH3 is 1. The van der Waals surface area contributed by atoms with Crippen LogP contribution in [0.5, 0.6) is 5.75 Å². The van der Waals surface area contributed by atoms with Crippen LogP contribution < -0.4 is 10.1 Å². The summed E-state index contributed by atoms with van der Waals surface area (Å²) in [5.41, 5.74) is 2.32. The maximum atomic E-state index is 12.7. The molecule has 5 nitrogen and oxygen atoms in total. The molecule has 0 aliphatic rings. The number of hydrogen-bond donors (Lipinski definition) is 1. The van der Waals surface area contributed by atoms with Crippen LogP contribution in [0.4, 0.5) is 0 Å². The number of thiophene rings is 1. The van der Waals surface area contributed by atoms with E-state index < -0.39 is 0 Å². The maximum absolute atomic E-state index is 12.7. The lowest BCUT2D eigenvalue weighted by atomic mass is 9.99. The van der Waals surface area contributed by atoms with Crippen LogP contribution in [-0.2, 0) is 0 Å². The Labute approximate surface area is 155 Å². The van der Waals surface area contributed by atoms with Crippen molar-refractivity contribution in [1.29, 1.82) is 0 Å². The van der Waals surface area contributed by atoms with E-state index in [1.165, 1.54) is 18.3 Å². The number of pyridine rings is 1. The van der Waals surface area contributed by atoms with E-state index in [1.54, 1.807) is 30.9 Å². The number of hydrogen-bond acceptors (Lipinski definition) is 5. The fraction of sp³-hybridized carbons (Fsp3) is 0.150. The van der Waals surface area contributed by atoms with Gasteiger partial charge >= 0.3 is 0 Å². The Bertz CT molecular complexity index is 904. The van der Waals surface area contributed by atoms with Gasteiger partial charge < -0.3 is 10.1 Å². The summed E-state index contributed by atoms with van der Waals surface area (Å²) in [6.07, 6.45) is 3.38. The predicted molar refractivity (Wildman–Crippen MR) is 101 cm³/mol. The first-order chi connectivity index (χ1) is 12.6. The summed E-state index contributed by atoms with van der Waals surface area (Å²) in [5, 5.41) is 4.74. The largest absolute Gasteiger partial charge is 0.497 e. The SMILES string of the molecule is COc1ccc([C@H](NC(=O)c2csc(C(C)=O)c2)c2ccncc2)cc1.